The Morgan fingerprint density at radius 3 is 2.67 bits per heavy atom. The third-order valence-corrected chi connectivity index (χ3v) is 0.976. The van der Waals surface area contributed by atoms with Gasteiger partial charge in [-0.2, -0.15) is 0 Å². The van der Waals surface area contributed by atoms with Crippen LogP contribution in [0.4, 0.5) is 0 Å². The lowest BCUT2D eigenvalue weighted by atomic mass is 10.5. The number of hydrogen-bond acceptors (Lipinski definition) is 2. The molecular formula is C5H3ClO3. The average Bonchev–Trinajstić information content (AvgIpc) is 2.14. The predicted octanol–water partition coefficient (Wildman–Crippen LogP) is 1.63. The molecule has 0 aromatic carbocycles. The summed E-state index contributed by atoms with van der Waals surface area (Å²) in [5.74, 6) is -1.25. The fourth-order valence-electron chi connectivity index (χ4n) is 0.425. The molecule has 0 saturated carbocycles. The van der Waals surface area contributed by atoms with Crippen LogP contribution < -0.4 is 0 Å². The fourth-order valence-corrected chi connectivity index (χ4v) is 0.569. The average molecular weight is 147 g/mol. The molecular weight excluding hydrogens is 144 g/mol. The van der Waals surface area contributed by atoms with Crippen LogP contribution in [0.15, 0.2) is 16.7 Å². The standard InChI is InChI=1S/C5H3ClO3/c6-3-1-4(5(7)8)9-2-3/h1-2H,(H,7,8). The summed E-state index contributed by atoms with van der Waals surface area (Å²) in [6, 6.07) is 1.24. The van der Waals surface area contributed by atoms with Crippen LogP contribution in [-0.4, -0.2) is 11.1 Å². The van der Waals surface area contributed by atoms with Crippen molar-refractivity contribution in [2.45, 2.75) is 0 Å². The van der Waals surface area contributed by atoms with Gasteiger partial charge in [0.2, 0.25) is 5.76 Å². The van der Waals surface area contributed by atoms with Crippen molar-refractivity contribution < 1.29 is 14.3 Å². The molecule has 48 valence electrons. The molecule has 0 spiro atoms. The minimum absolute atomic E-state index is 0.139. The van der Waals surface area contributed by atoms with Gasteiger partial charge in [-0.3, -0.25) is 0 Å². The van der Waals surface area contributed by atoms with Crippen LogP contribution in [0, 0.1) is 0 Å². The maximum Gasteiger partial charge on any atom is 0.371 e. The van der Waals surface area contributed by atoms with Gasteiger partial charge in [-0.15, -0.1) is 0 Å². The largest absolute Gasteiger partial charge is 0.475 e. The highest BCUT2D eigenvalue weighted by Crippen LogP contribution is 2.12. The molecule has 0 aliphatic rings. The van der Waals surface area contributed by atoms with Crippen LogP contribution in [0.5, 0.6) is 0 Å². The maximum absolute atomic E-state index is 10.1. The number of halogens is 1. The normalized spacial score (nSPS) is 9.44. The van der Waals surface area contributed by atoms with Gasteiger partial charge < -0.3 is 9.52 Å². The molecule has 1 rings (SSSR count). The highest BCUT2D eigenvalue weighted by atomic mass is 35.5. The zero-order valence-corrected chi connectivity index (χ0v) is 5.05. The van der Waals surface area contributed by atoms with Crippen molar-refractivity contribution in [2.75, 3.05) is 0 Å². The van der Waals surface area contributed by atoms with E-state index in [1.807, 2.05) is 0 Å². The van der Waals surface area contributed by atoms with Crippen molar-refractivity contribution in [3.05, 3.63) is 23.1 Å². The Kier molecular flexibility index (Phi) is 1.44. The Morgan fingerprint density at radius 1 is 1.78 bits per heavy atom. The first-order chi connectivity index (χ1) is 4.20. The topological polar surface area (TPSA) is 50.4 Å². The van der Waals surface area contributed by atoms with Crippen molar-refractivity contribution in [2.24, 2.45) is 0 Å². The van der Waals surface area contributed by atoms with Crippen LogP contribution in [0.2, 0.25) is 5.02 Å². The molecule has 0 unspecified atom stereocenters. The number of furan rings is 1. The number of carboxylic acid groups (broad SMARTS) is 1. The molecule has 0 radical (unpaired) electrons. The predicted molar refractivity (Wildman–Crippen MR) is 30.7 cm³/mol. The monoisotopic (exact) mass is 146 g/mol. The second kappa shape index (κ2) is 2.11. The van der Waals surface area contributed by atoms with Crippen LogP contribution in [0.25, 0.3) is 0 Å². The molecule has 9 heavy (non-hydrogen) atoms. The van der Waals surface area contributed by atoms with Crippen molar-refractivity contribution >= 4 is 17.6 Å². The van der Waals surface area contributed by atoms with E-state index >= 15 is 0 Å². The summed E-state index contributed by atoms with van der Waals surface area (Å²) in [6.07, 6.45) is 1.17. The Morgan fingerprint density at radius 2 is 2.44 bits per heavy atom. The molecule has 0 saturated heterocycles. The first-order valence-corrected chi connectivity index (χ1v) is 2.55. The summed E-state index contributed by atoms with van der Waals surface area (Å²) in [4.78, 5) is 10.1. The first kappa shape index (κ1) is 6.16. The minimum Gasteiger partial charge on any atom is -0.475 e. The zero-order chi connectivity index (χ0) is 6.85. The van der Waals surface area contributed by atoms with Gasteiger partial charge in [-0.25, -0.2) is 4.79 Å². The van der Waals surface area contributed by atoms with E-state index in [1.165, 1.54) is 12.3 Å². The Hall–Kier alpha value is -0.960. The van der Waals surface area contributed by atoms with E-state index in [0.29, 0.717) is 5.02 Å². The Bertz CT molecular complexity index is 228. The molecule has 4 heteroatoms. The third-order valence-electron chi connectivity index (χ3n) is 0.778. The van der Waals surface area contributed by atoms with E-state index in [2.05, 4.69) is 4.42 Å². The van der Waals surface area contributed by atoms with E-state index in [-0.39, 0.29) is 5.76 Å². The van der Waals surface area contributed by atoms with Gasteiger partial charge in [-0.1, -0.05) is 11.6 Å². The van der Waals surface area contributed by atoms with Crippen LogP contribution >= 0.6 is 11.6 Å². The molecule has 1 heterocycles. The number of aromatic carboxylic acids is 1. The lowest BCUT2D eigenvalue weighted by Gasteiger charge is -1.79. The van der Waals surface area contributed by atoms with Crippen LogP contribution in [0.1, 0.15) is 10.6 Å². The molecule has 0 amide bonds. The summed E-state index contributed by atoms with van der Waals surface area (Å²) < 4.78 is 4.49. The molecule has 1 N–H and O–H groups in total. The molecule has 0 aliphatic heterocycles. The highest BCUT2D eigenvalue weighted by Gasteiger charge is 2.06. The fraction of sp³-hybridized carbons (Fsp3) is 0. The van der Waals surface area contributed by atoms with E-state index in [4.69, 9.17) is 16.7 Å². The van der Waals surface area contributed by atoms with E-state index < -0.39 is 5.97 Å². The zero-order valence-electron chi connectivity index (χ0n) is 4.30. The Labute approximate surface area is 55.8 Å². The van der Waals surface area contributed by atoms with Crippen LogP contribution in [0.3, 0.4) is 0 Å². The summed E-state index contributed by atoms with van der Waals surface area (Å²) in [5.41, 5.74) is 0. The second-order valence-corrected chi connectivity index (χ2v) is 1.87. The number of hydrogen-bond donors (Lipinski definition) is 1. The lowest BCUT2D eigenvalue weighted by Crippen LogP contribution is -1.91. The van der Waals surface area contributed by atoms with Crippen molar-refractivity contribution in [1.29, 1.82) is 0 Å². The van der Waals surface area contributed by atoms with Gasteiger partial charge in [0.05, 0.1) is 5.02 Å². The SMILES string of the molecule is O=C(O)c1cc(Cl)co1. The van der Waals surface area contributed by atoms with Crippen molar-refractivity contribution in [3.63, 3.8) is 0 Å². The number of carboxylic acids is 1. The molecule has 1 aromatic heterocycles. The maximum atomic E-state index is 10.1. The molecule has 1 aromatic rings. The second-order valence-electron chi connectivity index (χ2n) is 1.43. The van der Waals surface area contributed by atoms with Crippen molar-refractivity contribution in [1.82, 2.24) is 0 Å². The number of rotatable bonds is 1. The van der Waals surface area contributed by atoms with Gasteiger partial charge in [0.25, 0.3) is 0 Å². The molecule has 0 fully saturated rings. The summed E-state index contributed by atoms with van der Waals surface area (Å²) in [5, 5.41) is 8.54. The lowest BCUT2D eigenvalue weighted by molar-refractivity contribution is 0.0662. The molecule has 0 bridgehead atoms. The third kappa shape index (κ3) is 1.23. The van der Waals surface area contributed by atoms with Crippen molar-refractivity contribution in [3.8, 4) is 0 Å². The Balaban J connectivity index is 2.98. The smallest absolute Gasteiger partial charge is 0.371 e. The first-order valence-electron chi connectivity index (χ1n) is 2.17. The van der Waals surface area contributed by atoms with E-state index in [9.17, 15) is 4.79 Å². The van der Waals surface area contributed by atoms with Gasteiger partial charge >= 0.3 is 5.97 Å². The van der Waals surface area contributed by atoms with Gasteiger partial charge in [0, 0.05) is 6.07 Å². The quantitative estimate of drug-likeness (QED) is 0.655. The summed E-state index contributed by atoms with van der Waals surface area (Å²) >= 11 is 5.35. The van der Waals surface area contributed by atoms with E-state index in [0.717, 1.165) is 0 Å². The minimum atomic E-state index is -1.11. The van der Waals surface area contributed by atoms with E-state index in [1.54, 1.807) is 0 Å². The molecule has 0 atom stereocenters. The highest BCUT2D eigenvalue weighted by molar-refractivity contribution is 6.30. The van der Waals surface area contributed by atoms with Gasteiger partial charge in [0.1, 0.15) is 6.26 Å². The summed E-state index contributed by atoms with van der Waals surface area (Å²) in [6.45, 7) is 0. The van der Waals surface area contributed by atoms with Crippen LogP contribution in [-0.2, 0) is 0 Å². The molecule has 0 aliphatic carbocycles. The molecule has 3 nitrogen and oxygen atoms in total. The van der Waals surface area contributed by atoms with Gasteiger partial charge in [0.15, 0.2) is 0 Å². The number of carbonyl (C=O) groups is 1. The van der Waals surface area contributed by atoms with Gasteiger partial charge in [-0.05, 0) is 0 Å². The summed E-state index contributed by atoms with van der Waals surface area (Å²) in [7, 11) is 0.